The smallest absolute Gasteiger partial charge is 0.333 e. The minimum absolute atomic E-state index is 0. The quantitative estimate of drug-likeness (QED) is 0.249. The summed E-state index contributed by atoms with van der Waals surface area (Å²) in [6.07, 6.45) is 1.70. The van der Waals surface area contributed by atoms with Crippen LogP contribution in [-0.2, 0) is 9.53 Å². The number of benzene rings is 3. The maximum Gasteiger partial charge on any atom is 0.333 e. The molecule has 3 aromatic rings. The Bertz CT molecular complexity index is 1280. The van der Waals surface area contributed by atoms with Crippen LogP contribution < -0.4 is 31.8 Å². The third kappa shape index (κ3) is 5.42. The number of rotatable bonds is 8. The first-order chi connectivity index (χ1) is 18.1. The van der Waals surface area contributed by atoms with Crippen LogP contribution in [0.15, 0.2) is 78.9 Å². The molecule has 0 spiro atoms. The molecule has 0 amide bonds. The molecule has 198 valence electrons. The van der Waals surface area contributed by atoms with Gasteiger partial charge >= 0.3 is 5.97 Å². The number of nitrogens with one attached hydrogen (secondary N) is 1. The number of hydrogen-bond acceptors (Lipinski definition) is 6. The fourth-order valence-electron chi connectivity index (χ4n) is 5.88. The lowest BCUT2D eigenvalue weighted by Gasteiger charge is -2.51. The van der Waals surface area contributed by atoms with E-state index < -0.39 is 6.04 Å². The molecule has 0 aromatic heterocycles. The van der Waals surface area contributed by atoms with Crippen LogP contribution in [0.25, 0.3) is 0 Å². The van der Waals surface area contributed by atoms with Gasteiger partial charge < -0.3 is 41.0 Å². The first kappa shape index (κ1) is 26.3. The molecule has 4 aliphatic rings. The van der Waals surface area contributed by atoms with E-state index in [4.69, 9.17) is 14.2 Å². The van der Waals surface area contributed by atoms with Gasteiger partial charge in [-0.05, 0) is 35.9 Å². The monoisotopic (exact) mass is 578 g/mol. The average Bonchev–Trinajstić information content (AvgIpc) is 3.41. The molecule has 2 atom stereocenters. The largest absolute Gasteiger partial charge is 1.00 e. The molecule has 1 unspecified atom stereocenters. The van der Waals surface area contributed by atoms with Crippen molar-refractivity contribution < 1.29 is 45.3 Å². The third-order valence-electron chi connectivity index (χ3n) is 7.94. The predicted molar refractivity (Wildman–Crippen MR) is 138 cm³/mol. The zero-order valence-corrected chi connectivity index (χ0v) is 22.6. The van der Waals surface area contributed by atoms with Crippen LogP contribution in [0.5, 0.6) is 11.5 Å². The summed E-state index contributed by atoms with van der Waals surface area (Å²) in [7, 11) is 0. The van der Waals surface area contributed by atoms with E-state index in [1.165, 1.54) is 0 Å². The van der Waals surface area contributed by atoms with Crippen LogP contribution in [0.1, 0.15) is 34.8 Å². The second-order valence-corrected chi connectivity index (χ2v) is 10.3. The van der Waals surface area contributed by atoms with Crippen molar-refractivity contribution in [2.24, 2.45) is 5.92 Å². The molecule has 0 saturated carbocycles. The number of esters is 1. The Balaban J connectivity index is 0.00000294. The Kier molecular flexibility index (Phi) is 7.72. The minimum Gasteiger partial charge on any atom is -1.00 e. The molecule has 7 rings (SSSR count). The molecule has 38 heavy (non-hydrogen) atoms. The Hall–Kier alpha value is -3.36. The second kappa shape index (κ2) is 11.2. The van der Waals surface area contributed by atoms with Gasteiger partial charge in [-0.1, -0.05) is 48.5 Å². The Morgan fingerprint density at radius 3 is 2.34 bits per heavy atom. The molecule has 8 heteroatoms. The van der Waals surface area contributed by atoms with Gasteiger partial charge in [0, 0.05) is 30.0 Å². The molecule has 2 bridgehead atoms. The van der Waals surface area contributed by atoms with E-state index in [1.807, 2.05) is 66.7 Å². The number of piperidine rings is 3. The van der Waals surface area contributed by atoms with Crippen molar-refractivity contribution in [3.8, 4) is 11.5 Å². The molecule has 4 aliphatic heterocycles. The van der Waals surface area contributed by atoms with Crippen LogP contribution in [0.3, 0.4) is 0 Å². The Morgan fingerprint density at radius 1 is 0.921 bits per heavy atom. The number of anilines is 1. The van der Waals surface area contributed by atoms with Crippen molar-refractivity contribution in [1.82, 2.24) is 0 Å². The van der Waals surface area contributed by atoms with Crippen LogP contribution in [-0.4, -0.2) is 55.3 Å². The zero-order chi connectivity index (χ0) is 25.2. The van der Waals surface area contributed by atoms with E-state index in [0.29, 0.717) is 40.6 Å². The van der Waals surface area contributed by atoms with Gasteiger partial charge in [0.05, 0.1) is 13.1 Å². The third-order valence-corrected chi connectivity index (χ3v) is 7.94. The molecule has 4 heterocycles. The first-order valence-corrected chi connectivity index (χ1v) is 12.9. The first-order valence-electron chi connectivity index (χ1n) is 12.9. The summed E-state index contributed by atoms with van der Waals surface area (Å²) >= 11 is 0. The highest BCUT2D eigenvalue weighted by Gasteiger charge is 2.49. The number of para-hydroxylation sites is 1. The summed E-state index contributed by atoms with van der Waals surface area (Å²) in [5, 5.41) is 3.36. The van der Waals surface area contributed by atoms with Crippen molar-refractivity contribution in [3.63, 3.8) is 0 Å². The SMILES string of the molecule is O=C(C[N+]12CCC(CC1)[C@@H](OC(=O)C(Nc1ccccc1)c1ccccc1)C2)c1ccc2c(c1)OCO2.[Br-]. The molecule has 3 aromatic carbocycles. The molecule has 3 saturated heterocycles. The maximum absolute atomic E-state index is 13.6. The van der Waals surface area contributed by atoms with Gasteiger partial charge in [0.1, 0.15) is 13.1 Å². The highest BCUT2D eigenvalue weighted by molar-refractivity contribution is 5.97. The van der Waals surface area contributed by atoms with Crippen molar-refractivity contribution in [2.45, 2.75) is 25.0 Å². The number of fused-ring (bicyclic) bond motifs is 4. The summed E-state index contributed by atoms with van der Waals surface area (Å²) in [6.45, 7) is 3.10. The van der Waals surface area contributed by atoms with Gasteiger partial charge in [-0.25, -0.2) is 4.79 Å². The van der Waals surface area contributed by atoms with Gasteiger partial charge in [0.15, 0.2) is 23.6 Å². The molecule has 0 aliphatic carbocycles. The van der Waals surface area contributed by atoms with E-state index in [2.05, 4.69) is 5.32 Å². The minimum atomic E-state index is -0.609. The van der Waals surface area contributed by atoms with E-state index in [1.54, 1.807) is 12.1 Å². The normalized spacial score (nSPS) is 23.7. The highest BCUT2D eigenvalue weighted by atomic mass is 79.9. The number of Topliss-reactive ketones (excluding diaryl/α,β-unsaturated/α-hetero) is 1. The predicted octanol–water partition coefficient (Wildman–Crippen LogP) is 1.61. The van der Waals surface area contributed by atoms with Crippen LogP contribution in [0.4, 0.5) is 5.69 Å². The molecule has 7 nitrogen and oxygen atoms in total. The van der Waals surface area contributed by atoms with Gasteiger partial charge in [-0.2, -0.15) is 0 Å². The lowest BCUT2D eigenvalue weighted by molar-refractivity contribution is -0.938. The van der Waals surface area contributed by atoms with Crippen molar-refractivity contribution >= 4 is 17.4 Å². The standard InChI is InChI=1S/C30H31N2O5.BrH/c33-25(23-11-12-26-27(17-23)36-20-35-26)18-32-15-13-21(14-16-32)28(19-32)37-30(34)29(22-7-3-1-4-8-22)31-24-9-5-2-6-10-24;/h1-12,17,21,28-29,31H,13-16,18-20H2;1H/q+1;/p-1/t21?,28-,29?,32?;/m0./s1. The zero-order valence-electron chi connectivity index (χ0n) is 21.1. The van der Waals surface area contributed by atoms with Crippen molar-refractivity contribution in [3.05, 3.63) is 90.0 Å². The fraction of sp³-hybridized carbons (Fsp3) is 0.333. The Morgan fingerprint density at radius 2 is 1.61 bits per heavy atom. The highest BCUT2D eigenvalue weighted by Crippen LogP contribution is 2.38. The van der Waals surface area contributed by atoms with Crippen molar-refractivity contribution in [1.29, 1.82) is 0 Å². The van der Waals surface area contributed by atoms with Gasteiger partial charge in [0.2, 0.25) is 12.6 Å². The lowest BCUT2D eigenvalue weighted by Crippen LogP contribution is -3.00. The number of carbonyl (C=O) groups is 2. The van der Waals surface area contributed by atoms with Crippen LogP contribution >= 0.6 is 0 Å². The number of ketones is 1. The maximum atomic E-state index is 13.6. The lowest BCUT2D eigenvalue weighted by atomic mass is 9.82. The molecule has 3 fully saturated rings. The summed E-state index contributed by atoms with van der Waals surface area (Å²) in [4.78, 5) is 26.9. The fourth-order valence-corrected chi connectivity index (χ4v) is 5.88. The summed E-state index contributed by atoms with van der Waals surface area (Å²) in [5.74, 6) is 1.42. The van der Waals surface area contributed by atoms with E-state index in [-0.39, 0.29) is 41.6 Å². The van der Waals surface area contributed by atoms with Gasteiger partial charge in [-0.15, -0.1) is 0 Å². The number of hydrogen-bond donors (Lipinski definition) is 1. The van der Waals surface area contributed by atoms with E-state index >= 15 is 0 Å². The number of halogens is 1. The number of quaternary nitrogens is 1. The molecular weight excluding hydrogens is 548 g/mol. The van der Waals surface area contributed by atoms with Gasteiger partial charge in [-0.3, -0.25) is 4.79 Å². The number of carbonyl (C=O) groups excluding carboxylic acids is 2. The Labute approximate surface area is 233 Å². The summed E-state index contributed by atoms with van der Waals surface area (Å²) in [6, 6.07) is 24.2. The summed E-state index contributed by atoms with van der Waals surface area (Å²) < 4.78 is 17.7. The van der Waals surface area contributed by atoms with Crippen molar-refractivity contribution in [2.75, 3.05) is 38.3 Å². The van der Waals surface area contributed by atoms with E-state index in [0.717, 1.165) is 37.2 Å². The molecule has 0 radical (unpaired) electrons. The number of ether oxygens (including phenoxy) is 3. The average molecular weight is 579 g/mol. The van der Waals surface area contributed by atoms with Crippen LogP contribution in [0, 0.1) is 5.92 Å². The summed E-state index contributed by atoms with van der Waals surface area (Å²) in [5.41, 5.74) is 2.36. The van der Waals surface area contributed by atoms with Gasteiger partial charge in [0.25, 0.3) is 0 Å². The van der Waals surface area contributed by atoms with E-state index in [9.17, 15) is 9.59 Å². The molecule has 1 N–H and O–H groups in total. The molecular formula is C30H31BrN2O5. The van der Waals surface area contributed by atoms with Crippen LogP contribution in [0.2, 0.25) is 0 Å². The number of nitrogens with zero attached hydrogens (tertiary/aromatic N) is 1. The topological polar surface area (TPSA) is 73.9 Å². The second-order valence-electron chi connectivity index (χ2n) is 10.3.